The Morgan fingerprint density at radius 2 is 2.19 bits per heavy atom. The van der Waals surface area contributed by atoms with E-state index in [-0.39, 0.29) is 5.11 Å². The van der Waals surface area contributed by atoms with Gasteiger partial charge in [-0.3, -0.25) is 0 Å². The van der Waals surface area contributed by atoms with Crippen LogP contribution in [-0.4, -0.2) is 18.2 Å². The van der Waals surface area contributed by atoms with Crippen LogP contribution in [0.2, 0.25) is 0 Å². The molecule has 0 saturated carbocycles. The zero-order chi connectivity index (χ0) is 12.3. The van der Waals surface area contributed by atoms with Gasteiger partial charge in [-0.1, -0.05) is 15.9 Å². The number of ether oxygens (including phenoxy) is 1. The molecule has 0 saturated heterocycles. The zero-order valence-electron chi connectivity index (χ0n) is 8.83. The van der Waals surface area contributed by atoms with E-state index in [1.165, 1.54) is 7.11 Å². The minimum atomic E-state index is -0.445. The molecule has 0 atom stereocenters. The molecule has 0 aliphatic carbocycles. The van der Waals surface area contributed by atoms with Crippen molar-refractivity contribution in [1.82, 2.24) is 0 Å². The lowest BCUT2D eigenvalue weighted by molar-refractivity contribution is 0.0602. The number of carbonyl (C=O) groups is 1. The highest BCUT2D eigenvalue weighted by atomic mass is 79.9. The van der Waals surface area contributed by atoms with E-state index in [2.05, 4.69) is 26.0 Å². The molecular weight excluding hydrogens is 292 g/mol. The highest BCUT2D eigenvalue weighted by Gasteiger charge is 2.14. The molecule has 86 valence electrons. The summed E-state index contributed by atoms with van der Waals surface area (Å²) in [4.78, 5) is 11.5. The third-order valence-corrected chi connectivity index (χ3v) is 2.92. The number of benzene rings is 1. The van der Waals surface area contributed by atoms with Crippen LogP contribution in [0, 0.1) is 6.92 Å². The van der Waals surface area contributed by atoms with Gasteiger partial charge in [0.25, 0.3) is 0 Å². The van der Waals surface area contributed by atoms with Crippen molar-refractivity contribution in [2.24, 2.45) is 5.73 Å². The Labute approximate surface area is 107 Å². The average molecular weight is 303 g/mol. The van der Waals surface area contributed by atoms with Crippen LogP contribution in [0.15, 0.2) is 16.6 Å². The Morgan fingerprint density at radius 3 is 2.69 bits per heavy atom. The number of methoxy groups -OCH3 is 1. The van der Waals surface area contributed by atoms with Crippen LogP contribution in [0.1, 0.15) is 15.9 Å². The van der Waals surface area contributed by atoms with Gasteiger partial charge in [0.2, 0.25) is 0 Å². The van der Waals surface area contributed by atoms with Crippen molar-refractivity contribution in [1.29, 1.82) is 0 Å². The maximum atomic E-state index is 11.5. The number of nitrogens with one attached hydrogen (secondary N) is 1. The fraction of sp³-hybridized carbons (Fsp3) is 0.200. The Balaban J connectivity index is 3.27. The summed E-state index contributed by atoms with van der Waals surface area (Å²) in [5, 5.41) is 2.85. The molecule has 4 nitrogen and oxygen atoms in total. The lowest BCUT2D eigenvalue weighted by atomic mass is 10.1. The lowest BCUT2D eigenvalue weighted by Gasteiger charge is -2.11. The van der Waals surface area contributed by atoms with Gasteiger partial charge < -0.3 is 15.8 Å². The molecule has 0 radical (unpaired) electrons. The van der Waals surface area contributed by atoms with Crippen molar-refractivity contribution in [2.75, 3.05) is 12.4 Å². The quantitative estimate of drug-likeness (QED) is 0.648. The maximum Gasteiger partial charge on any atom is 0.340 e. The van der Waals surface area contributed by atoms with E-state index in [1.807, 2.05) is 6.92 Å². The lowest BCUT2D eigenvalue weighted by Crippen LogP contribution is -2.21. The van der Waals surface area contributed by atoms with E-state index >= 15 is 0 Å². The number of halogens is 1. The van der Waals surface area contributed by atoms with Crippen LogP contribution in [0.5, 0.6) is 0 Å². The SMILES string of the molecule is COC(=O)c1cc(Br)c(C)cc1NC(N)=S. The molecule has 1 aromatic rings. The third kappa shape index (κ3) is 2.93. The number of nitrogens with two attached hydrogens (primary N) is 1. The summed E-state index contributed by atoms with van der Waals surface area (Å²) in [7, 11) is 1.32. The van der Waals surface area contributed by atoms with Gasteiger partial charge in [0.1, 0.15) is 0 Å². The first-order chi connectivity index (χ1) is 7.45. The topological polar surface area (TPSA) is 64.3 Å². The maximum absolute atomic E-state index is 11.5. The Morgan fingerprint density at radius 1 is 1.56 bits per heavy atom. The minimum Gasteiger partial charge on any atom is -0.465 e. The number of thiocarbonyl (C=S) groups is 1. The van der Waals surface area contributed by atoms with Crippen molar-refractivity contribution in [2.45, 2.75) is 6.92 Å². The van der Waals surface area contributed by atoms with E-state index < -0.39 is 5.97 Å². The van der Waals surface area contributed by atoms with Crippen LogP contribution in [0.4, 0.5) is 5.69 Å². The summed E-state index contributed by atoms with van der Waals surface area (Å²) in [5.41, 5.74) is 7.27. The van der Waals surface area contributed by atoms with Gasteiger partial charge in [-0.05, 0) is 36.8 Å². The van der Waals surface area contributed by atoms with Gasteiger partial charge >= 0.3 is 5.97 Å². The van der Waals surface area contributed by atoms with E-state index in [0.717, 1.165) is 10.0 Å². The van der Waals surface area contributed by atoms with E-state index in [1.54, 1.807) is 12.1 Å². The van der Waals surface area contributed by atoms with Crippen molar-refractivity contribution in [3.8, 4) is 0 Å². The van der Waals surface area contributed by atoms with Crippen LogP contribution in [0.25, 0.3) is 0 Å². The smallest absolute Gasteiger partial charge is 0.340 e. The molecule has 0 amide bonds. The highest BCUT2D eigenvalue weighted by Crippen LogP contribution is 2.25. The number of esters is 1. The van der Waals surface area contributed by atoms with Crippen LogP contribution >= 0.6 is 28.1 Å². The summed E-state index contributed by atoms with van der Waals surface area (Å²) in [5.74, 6) is -0.445. The van der Waals surface area contributed by atoms with Crippen molar-refractivity contribution in [3.63, 3.8) is 0 Å². The van der Waals surface area contributed by atoms with Crippen LogP contribution in [-0.2, 0) is 4.74 Å². The van der Waals surface area contributed by atoms with Gasteiger partial charge in [0.05, 0.1) is 18.4 Å². The predicted octanol–water partition coefficient (Wildman–Crippen LogP) is 2.20. The first kappa shape index (κ1) is 12.9. The molecule has 1 aromatic carbocycles. The van der Waals surface area contributed by atoms with Crippen molar-refractivity contribution in [3.05, 3.63) is 27.7 Å². The summed E-state index contributed by atoms with van der Waals surface area (Å²) < 4.78 is 5.49. The second-order valence-electron chi connectivity index (χ2n) is 3.13. The largest absolute Gasteiger partial charge is 0.465 e. The molecule has 0 fully saturated rings. The van der Waals surface area contributed by atoms with E-state index in [9.17, 15) is 4.79 Å². The first-order valence-electron chi connectivity index (χ1n) is 4.40. The molecule has 16 heavy (non-hydrogen) atoms. The molecule has 0 aromatic heterocycles. The minimum absolute atomic E-state index is 0.104. The standard InChI is InChI=1S/C10H11BrN2O2S/c1-5-3-8(13-10(12)16)6(4-7(5)11)9(14)15-2/h3-4H,1-2H3,(H3,12,13,16). The fourth-order valence-electron chi connectivity index (χ4n) is 1.20. The monoisotopic (exact) mass is 302 g/mol. The average Bonchev–Trinajstić information content (AvgIpc) is 2.21. The first-order valence-corrected chi connectivity index (χ1v) is 5.60. The van der Waals surface area contributed by atoms with Crippen molar-refractivity contribution < 1.29 is 9.53 Å². The number of anilines is 1. The predicted molar refractivity (Wildman–Crippen MR) is 70.6 cm³/mol. The highest BCUT2D eigenvalue weighted by molar-refractivity contribution is 9.10. The number of hydrogen-bond donors (Lipinski definition) is 2. The molecule has 0 bridgehead atoms. The number of rotatable bonds is 2. The number of carbonyl (C=O) groups excluding carboxylic acids is 1. The van der Waals surface area contributed by atoms with E-state index in [4.69, 9.17) is 18.0 Å². The van der Waals surface area contributed by atoms with Gasteiger partial charge in [0, 0.05) is 4.47 Å². The summed E-state index contributed by atoms with van der Waals surface area (Å²) in [6.07, 6.45) is 0. The van der Waals surface area contributed by atoms with Crippen LogP contribution in [0.3, 0.4) is 0 Å². The Bertz CT molecular complexity index is 449. The number of hydrogen-bond acceptors (Lipinski definition) is 3. The molecule has 0 spiro atoms. The molecule has 3 N–H and O–H groups in total. The molecule has 0 aliphatic rings. The zero-order valence-corrected chi connectivity index (χ0v) is 11.2. The normalized spacial score (nSPS) is 9.69. The molecule has 6 heteroatoms. The fourth-order valence-corrected chi connectivity index (χ4v) is 1.65. The Hall–Kier alpha value is -1.14. The van der Waals surface area contributed by atoms with Gasteiger partial charge in [-0.2, -0.15) is 0 Å². The molecular formula is C10H11BrN2O2S. The van der Waals surface area contributed by atoms with Crippen LogP contribution < -0.4 is 11.1 Å². The third-order valence-electron chi connectivity index (χ3n) is 1.96. The molecule has 0 heterocycles. The van der Waals surface area contributed by atoms with Gasteiger partial charge in [-0.15, -0.1) is 0 Å². The summed E-state index contributed by atoms with van der Waals surface area (Å²) >= 11 is 8.08. The van der Waals surface area contributed by atoms with Gasteiger partial charge in [-0.25, -0.2) is 4.79 Å². The summed E-state index contributed by atoms with van der Waals surface area (Å²) in [6.45, 7) is 1.90. The van der Waals surface area contributed by atoms with Gasteiger partial charge in [0.15, 0.2) is 5.11 Å². The van der Waals surface area contributed by atoms with E-state index in [0.29, 0.717) is 11.3 Å². The van der Waals surface area contributed by atoms with Crippen molar-refractivity contribution >= 4 is 44.9 Å². The second kappa shape index (κ2) is 5.27. The molecule has 1 rings (SSSR count). The second-order valence-corrected chi connectivity index (χ2v) is 4.42. The number of aryl methyl sites for hydroxylation is 1. The summed E-state index contributed by atoms with van der Waals surface area (Å²) in [6, 6.07) is 3.44. The molecule has 0 aliphatic heterocycles. The molecule has 0 unspecified atom stereocenters. The Kier molecular flexibility index (Phi) is 4.26.